The van der Waals surface area contributed by atoms with Gasteiger partial charge < -0.3 is 9.64 Å². The highest BCUT2D eigenvalue weighted by Crippen LogP contribution is 2.38. The average molecular weight is 387 g/mol. The van der Waals surface area contributed by atoms with Crippen LogP contribution in [-0.2, 0) is 4.79 Å². The fourth-order valence-electron chi connectivity index (χ4n) is 3.52. The first kappa shape index (κ1) is 19.9. The van der Waals surface area contributed by atoms with Crippen LogP contribution < -0.4 is 9.64 Å². The number of rotatable bonds is 9. The fourth-order valence-corrected chi connectivity index (χ4v) is 4.14. The lowest BCUT2D eigenvalue weighted by Crippen LogP contribution is -2.44. The monoisotopic (exact) mass is 386 g/mol. The van der Waals surface area contributed by atoms with Gasteiger partial charge in [-0.1, -0.05) is 45.4 Å². The quantitative estimate of drug-likeness (QED) is 0.498. The summed E-state index contributed by atoms with van der Waals surface area (Å²) in [5.74, 6) is 0.848. The summed E-state index contributed by atoms with van der Waals surface area (Å²) in [7, 11) is 0. The zero-order valence-corrected chi connectivity index (χ0v) is 17.5. The van der Waals surface area contributed by atoms with Gasteiger partial charge in [-0.25, -0.2) is 4.98 Å². The first-order valence-electron chi connectivity index (χ1n) is 10.1. The van der Waals surface area contributed by atoms with Crippen LogP contribution in [0.3, 0.4) is 0 Å². The fraction of sp³-hybridized carbons (Fsp3) is 0.545. The van der Waals surface area contributed by atoms with Crippen LogP contribution in [0.5, 0.6) is 5.75 Å². The third kappa shape index (κ3) is 4.89. The van der Waals surface area contributed by atoms with Crippen LogP contribution in [0.25, 0.3) is 11.3 Å². The number of aromatic nitrogens is 1. The van der Waals surface area contributed by atoms with E-state index in [1.807, 2.05) is 30.9 Å². The van der Waals surface area contributed by atoms with Crippen molar-refractivity contribution in [3.63, 3.8) is 0 Å². The molecule has 2 heterocycles. The van der Waals surface area contributed by atoms with E-state index in [1.165, 1.54) is 38.5 Å². The molecule has 1 aromatic carbocycles. The smallest absolute Gasteiger partial charge is 0.267 e. The second-order valence-corrected chi connectivity index (χ2v) is 8.37. The van der Waals surface area contributed by atoms with E-state index >= 15 is 0 Å². The number of ether oxygens (including phenoxy) is 1. The molecule has 4 nitrogen and oxygen atoms in total. The molecular weight excluding hydrogens is 356 g/mol. The molecule has 0 fully saturated rings. The van der Waals surface area contributed by atoms with E-state index in [2.05, 4.69) is 23.4 Å². The molecule has 27 heavy (non-hydrogen) atoms. The second kappa shape index (κ2) is 9.36. The lowest BCUT2D eigenvalue weighted by molar-refractivity contribution is -0.125. The van der Waals surface area contributed by atoms with Gasteiger partial charge in [-0.15, -0.1) is 11.3 Å². The number of amides is 1. The third-order valence-electron chi connectivity index (χ3n) is 5.07. The van der Waals surface area contributed by atoms with Gasteiger partial charge in [-0.2, -0.15) is 0 Å². The van der Waals surface area contributed by atoms with Crippen molar-refractivity contribution in [2.24, 2.45) is 0 Å². The minimum atomic E-state index is -0.422. The summed E-state index contributed by atoms with van der Waals surface area (Å²) in [6, 6.07) is 6.05. The molecule has 1 atom stereocenters. The Morgan fingerprint density at radius 2 is 1.89 bits per heavy atom. The maximum absolute atomic E-state index is 12.7. The Bertz CT molecular complexity index is 771. The van der Waals surface area contributed by atoms with E-state index in [0.717, 1.165) is 40.7 Å². The van der Waals surface area contributed by atoms with Gasteiger partial charge in [0, 0.05) is 17.5 Å². The molecule has 146 valence electrons. The van der Waals surface area contributed by atoms with E-state index < -0.39 is 6.10 Å². The Hall–Kier alpha value is -1.88. The van der Waals surface area contributed by atoms with Crippen LogP contribution in [0.4, 0.5) is 5.69 Å². The number of fused-ring (bicyclic) bond motifs is 1. The number of nitrogens with zero attached hydrogens (tertiary/aromatic N) is 2. The maximum atomic E-state index is 12.7. The Kier molecular flexibility index (Phi) is 6.89. The van der Waals surface area contributed by atoms with E-state index in [4.69, 9.17) is 4.74 Å². The number of hydrogen-bond donors (Lipinski definition) is 0. The van der Waals surface area contributed by atoms with Crippen LogP contribution in [0.1, 0.15) is 63.8 Å². The molecule has 3 rings (SSSR count). The van der Waals surface area contributed by atoms with Crippen molar-refractivity contribution < 1.29 is 9.53 Å². The van der Waals surface area contributed by atoms with Crippen molar-refractivity contribution in [1.82, 2.24) is 4.98 Å². The summed E-state index contributed by atoms with van der Waals surface area (Å²) in [6.07, 6.45) is 8.25. The molecule has 1 aliphatic heterocycles. The lowest BCUT2D eigenvalue weighted by Gasteiger charge is -2.33. The van der Waals surface area contributed by atoms with Crippen LogP contribution in [-0.4, -0.2) is 23.5 Å². The highest BCUT2D eigenvalue weighted by atomic mass is 32.1. The summed E-state index contributed by atoms with van der Waals surface area (Å²) in [6.45, 7) is 6.84. The van der Waals surface area contributed by atoms with Crippen molar-refractivity contribution in [3.8, 4) is 17.0 Å². The van der Waals surface area contributed by atoms with Crippen LogP contribution in [0.15, 0.2) is 23.6 Å². The second-order valence-electron chi connectivity index (χ2n) is 7.31. The number of thiazole rings is 1. The first-order valence-corrected chi connectivity index (χ1v) is 11.0. The first-order chi connectivity index (χ1) is 13.1. The van der Waals surface area contributed by atoms with Gasteiger partial charge in [0.15, 0.2) is 6.10 Å². The lowest BCUT2D eigenvalue weighted by atomic mass is 10.1. The van der Waals surface area contributed by atoms with E-state index in [9.17, 15) is 4.79 Å². The SMILES string of the molecule is CCCCCCCCCN1C(=O)C(C)Oc2ccc(-c3csc(C)n3)cc21. The molecule has 0 N–H and O–H groups in total. The summed E-state index contributed by atoms with van der Waals surface area (Å²) >= 11 is 1.64. The summed E-state index contributed by atoms with van der Waals surface area (Å²) in [4.78, 5) is 19.2. The van der Waals surface area contributed by atoms with Gasteiger partial charge in [0.05, 0.1) is 16.4 Å². The van der Waals surface area contributed by atoms with Crippen molar-refractivity contribution >= 4 is 22.9 Å². The highest BCUT2D eigenvalue weighted by Gasteiger charge is 2.31. The molecule has 2 aromatic rings. The number of carbonyl (C=O) groups is 1. The van der Waals surface area contributed by atoms with E-state index in [-0.39, 0.29) is 5.91 Å². The van der Waals surface area contributed by atoms with Gasteiger partial charge >= 0.3 is 0 Å². The minimum Gasteiger partial charge on any atom is -0.479 e. The molecule has 1 aromatic heterocycles. The molecule has 5 heteroatoms. The Balaban J connectivity index is 1.69. The standard InChI is InChI=1S/C22H30N2O2S/c1-4-5-6-7-8-9-10-13-24-20-14-18(19-15-27-17(3)23-19)11-12-21(20)26-16(2)22(24)25/h11-12,14-16H,4-10,13H2,1-3H3. The summed E-state index contributed by atoms with van der Waals surface area (Å²) in [5, 5.41) is 3.11. The maximum Gasteiger partial charge on any atom is 0.267 e. The molecule has 0 saturated heterocycles. The van der Waals surface area contributed by atoms with Gasteiger partial charge in [0.1, 0.15) is 5.75 Å². The predicted octanol–water partition coefficient (Wildman–Crippen LogP) is 5.98. The molecule has 0 spiro atoms. The van der Waals surface area contributed by atoms with E-state index in [1.54, 1.807) is 11.3 Å². The third-order valence-corrected chi connectivity index (χ3v) is 5.84. The van der Waals surface area contributed by atoms with Gasteiger partial charge in [-0.05, 0) is 38.5 Å². The predicted molar refractivity (Wildman–Crippen MR) is 113 cm³/mol. The van der Waals surface area contributed by atoms with E-state index in [0.29, 0.717) is 0 Å². The number of aryl methyl sites for hydroxylation is 1. The molecule has 0 radical (unpaired) electrons. The van der Waals surface area contributed by atoms with Gasteiger partial charge in [0.25, 0.3) is 5.91 Å². The Morgan fingerprint density at radius 3 is 2.59 bits per heavy atom. The molecule has 1 aliphatic rings. The Labute approximate surface area is 166 Å². The molecule has 1 unspecified atom stereocenters. The number of benzene rings is 1. The molecular formula is C22H30N2O2S. The molecule has 0 aliphatic carbocycles. The van der Waals surface area contributed by atoms with Crippen LogP contribution >= 0.6 is 11.3 Å². The number of anilines is 1. The summed E-state index contributed by atoms with van der Waals surface area (Å²) in [5.41, 5.74) is 2.88. The van der Waals surface area contributed by atoms with Crippen molar-refractivity contribution in [1.29, 1.82) is 0 Å². The normalized spacial score (nSPS) is 16.3. The minimum absolute atomic E-state index is 0.0556. The van der Waals surface area contributed by atoms with Crippen molar-refractivity contribution in [3.05, 3.63) is 28.6 Å². The number of hydrogen-bond acceptors (Lipinski definition) is 4. The zero-order valence-electron chi connectivity index (χ0n) is 16.7. The number of unbranched alkanes of at least 4 members (excludes halogenated alkanes) is 6. The van der Waals surface area contributed by atoms with Gasteiger partial charge in [0.2, 0.25) is 0 Å². The zero-order chi connectivity index (χ0) is 19.2. The molecule has 1 amide bonds. The summed E-state index contributed by atoms with van der Waals surface area (Å²) < 4.78 is 5.83. The van der Waals surface area contributed by atoms with Crippen molar-refractivity contribution in [2.45, 2.75) is 71.8 Å². The number of carbonyl (C=O) groups excluding carboxylic acids is 1. The van der Waals surface area contributed by atoms with Gasteiger partial charge in [-0.3, -0.25) is 4.79 Å². The topological polar surface area (TPSA) is 42.4 Å². The van der Waals surface area contributed by atoms with Crippen LogP contribution in [0.2, 0.25) is 0 Å². The molecule has 0 saturated carbocycles. The van der Waals surface area contributed by atoms with Crippen LogP contribution in [0, 0.1) is 6.92 Å². The molecule has 0 bridgehead atoms. The average Bonchev–Trinajstić information content (AvgIpc) is 3.10. The van der Waals surface area contributed by atoms with Crippen molar-refractivity contribution in [2.75, 3.05) is 11.4 Å². The highest BCUT2D eigenvalue weighted by molar-refractivity contribution is 7.09. The largest absolute Gasteiger partial charge is 0.479 e. The Morgan fingerprint density at radius 1 is 1.15 bits per heavy atom.